The van der Waals surface area contributed by atoms with Crippen LogP contribution in [0.5, 0.6) is 11.5 Å². The maximum atomic E-state index is 11.9. The Hall–Kier alpha value is -2.87. The van der Waals surface area contributed by atoms with Gasteiger partial charge in [-0.05, 0) is 59.6 Å². The van der Waals surface area contributed by atoms with E-state index in [1.54, 1.807) is 37.3 Å². The number of carbonyl (C=O) groups excluding carboxylic acids is 2. The number of halogens is 1. The molecular formula is C20H21BrN2O5. The zero-order valence-corrected chi connectivity index (χ0v) is 17.2. The van der Waals surface area contributed by atoms with Crippen molar-refractivity contribution in [3.8, 4) is 11.5 Å². The van der Waals surface area contributed by atoms with Gasteiger partial charge in [0.25, 0.3) is 5.91 Å². The minimum Gasteiger partial charge on any atom is -0.483 e. The van der Waals surface area contributed by atoms with Crippen molar-refractivity contribution in [3.63, 3.8) is 0 Å². The third-order valence-electron chi connectivity index (χ3n) is 3.41. The zero-order chi connectivity index (χ0) is 20.4. The molecule has 0 spiro atoms. The number of hydrogen-bond donors (Lipinski definition) is 1. The molecule has 148 valence electrons. The summed E-state index contributed by atoms with van der Waals surface area (Å²) in [5.74, 6) is 0.159. The van der Waals surface area contributed by atoms with Gasteiger partial charge in [-0.15, -0.1) is 0 Å². The molecule has 0 aliphatic heterocycles. The van der Waals surface area contributed by atoms with Crippen LogP contribution in [0.15, 0.2) is 52.0 Å². The average Bonchev–Trinajstić information content (AvgIpc) is 2.67. The summed E-state index contributed by atoms with van der Waals surface area (Å²) in [6, 6.07) is 12.6. The number of ether oxygens (including phenoxy) is 3. The monoisotopic (exact) mass is 448 g/mol. The first-order chi connectivity index (χ1) is 13.5. The number of esters is 1. The van der Waals surface area contributed by atoms with Crippen LogP contribution in [0.3, 0.4) is 0 Å². The highest BCUT2D eigenvalue weighted by atomic mass is 79.9. The Labute approximate surface area is 171 Å². The summed E-state index contributed by atoms with van der Waals surface area (Å²) in [6.07, 6.45) is 1.43. The van der Waals surface area contributed by atoms with Crippen molar-refractivity contribution in [1.82, 2.24) is 5.43 Å². The lowest BCUT2D eigenvalue weighted by Crippen LogP contribution is -2.24. The fourth-order valence-electron chi connectivity index (χ4n) is 2.13. The molecule has 1 N–H and O–H groups in total. The molecule has 7 nitrogen and oxygen atoms in total. The average molecular weight is 449 g/mol. The van der Waals surface area contributed by atoms with Gasteiger partial charge >= 0.3 is 5.97 Å². The van der Waals surface area contributed by atoms with E-state index >= 15 is 0 Å². The Balaban J connectivity index is 1.86. The lowest BCUT2D eigenvalue weighted by atomic mass is 10.2. The summed E-state index contributed by atoms with van der Waals surface area (Å²) in [6.45, 7) is 3.59. The molecule has 0 heterocycles. The van der Waals surface area contributed by atoms with Crippen molar-refractivity contribution in [1.29, 1.82) is 0 Å². The normalized spacial score (nSPS) is 10.5. The van der Waals surface area contributed by atoms with Crippen LogP contribution in [0.4, 0.5) is 0 Å². The third kappa shape index (κ3) is 7.03. The maximum Gasteiger partial charge on any atom is 0.344 e. The lowest BCUT2D eigenvalue weighted by Gasteiger charge is -2.09. The van der Waals surface area contributed by atoms with Crippen LogP contribution >= 0.6 is 15.9 Å². The Morgan fingerprint density at radius 2 is 1.86 bits per heavy atom. The topological polar surface area (TPSA) is 86.2 Å². The number of amides is 1. The number of hydrazone groups is 1. The van der Waals surface area contributed by atoms with Crippen LogP contribution in [0.1, 0.15) is 18.1 Å². The Morgan fingerprint density at radius 1 is 1.11 bits per heavy atom. The van der Waals surface area contributed by atoms with E-state index in [9.17, 15) is 9.59 Å². The molecule has 0 aliphatic rings. The fourth-order valence-corrected chi connectivity index (χ4v) is 2.74. The molecule has 0 atom stereocenters. The Morgan fingerprint density at radius 3 is 2.61 bits per heavy atom. The minimum atomic E-state index is -0.457. The summed E-state index contributed by atoms with van der Waals surface area (Å²) in [5, 5.41) is 3.90. The molecule has 0 saturated carbocycles. The molecule has 0 fully saturated rings. The van der Waals surface area contributed by atoms with Crippen molar-refractivity contribution in [2.45, 2.75) is 13.8 Å². The van der Waals surface area contributed by atoms with Crippen LogP contribution in [0, 0.1) is 6.92 Å². The van der Waals surface area contributed by atoms with Crippen molar-refractivity contribution < 1.29 is 23.8 Å². The first-order valence-electron chi connectivity index (χ1n) is 8.58. The van der Waals surface area contributed by atoms with E-state index in [0.29, 0.717) is 23.7 Å². The zero-order valence-electron chi connectivity index (χ0n) is 15.6. The van der Waals surface area contributed by atoms with Crippen LogP contribution in [0.2, 0.25) is 0 Å². The van der Waals surface area contributed by atoms with Crippen molar-refractivity contribution in [2.24, 2.45) is 5.10 Å². The number of benzene rings is 2. The van der Waals surface area contributed by atoms with Crippen molar-refractivity contribution in [2.75, 3.05) is 19.8 Å². The number of rotatable bonds is 9. The number of nitrogens with one attached hydrogen (secondary N) is 1. The van der Waals surface area contributed by atoms with Gasteiger partial charge in [0.05, 0.1) is 17.3 Å². The SMILES string of the molecule is CCOC(=O)COc1ccccc1/C=N/NC(=O)COc1ccc(C)cc1Br. The van der Waals surface area contributed by atoms with E-state index in [-0.39, 0.29) is 13.2 Å². The number of para-hydroxylation sites is 1. The van der Waals surface area contributed by atoms with Gasteiger partial charge in [-0.3, -0.25) is 4.79 Å². The number of aryl methyl sites for hydroxylation is 1. The van der Waals surface area contributed by atoms with Crippen LogP contribution in [-0.4, -0.2) is 37.9 Å². The molecule has 0 radical (unpaired) electrons. The summed E-state index contributed by atoms with van der Waals surface area (Å²) in [5.41, 5.74) is 4.07. The van der Waals surface area contributed by atoms with Gasteiger partial charge < -0.3 is 14.2 Å². The van der Waals surface area contributed by atoms with Crippen LogP contribution in [0.25, 0.3) is 0 Å². The molecule has 8 heteroatoms. The molecule has 0 unspecified atom stereocenters. The molecule has 28 heavy (non-hydrogen) atoms. The highest BCUT2D eigenvalue weighted by Crippen LogP contribution is 2.25. The largest absolute Gasteiger partial charge is 0.483 e. The smallest absolute Gasteiger partial charge is 0.344 e. The van der Waals surface area contributed by atoms with E-state index in [4.69, 9.17) is 14.2 Å². The van der Waals surface area contributed by atoms with E-state index in [2.05, 4.69) is 26.5 Å². The second-order valence-electron chi connectivity index (χ2n) is 5.65. The quantitative estimate of drug-likeness (QED) is 0.361. The molecule has 2 rings (SSSR count). The number of carbonyl (C=O) groups is 2. The van der Waals surface area contributed by atoms with Gasteiger partial charge in [0.2, 0.25) is 0 Å². The summed E-state index contributed by atoms with van der Waals surface area (Å²) in [7, 11) is 0. The molecule has 0 aliphatic carbocycles. The number of hydrogen-bond acceptors (Lipinski definition) is 6. The molecule has 0 saturated heterocycles. The fraction of sp³-hybridized carbons (Fsp3) is 0.250. The van der Waals surface area contributed by atoms with E-state index in [1.807, 2.05) is 19.1 Å². The summed E-state index contributed by atoms with van der Waals surface area (Å²) >= 11 is 3.39. The first kappa shape index (κ1) is 21.4. The van der Waals surface area contributed by atoms with Gasteiger partial charge in [-0.1, -0.05) is 18.2 Å². The molecule has 2 aromatic rings. The maximum absolute atomic E-state index is 11.9. The first-order valence-corrected chi connectivity index (χ1v) is 9.37. The van der Waals surface area contributed by atoms with Gasteiger partial charge in [-0.2, -0.15) is 5.10 Å². The molecule has 0 aromatic heterocycles. The minimum absolute atomic E-state index is 0.181. The standard InChI is InChI=1S/C20H21BrN2O5/c1-3-26-20(25)13-28-17-7-5-4-6-15(17)11-22-23-19(24)12-27-18-9-8-14(2)10-16(18)21/h4-11H,3,12-13H2,1-2H3,(H,23,24)/b22-11+. The predicted molar refractivity (Wildman–Crippen MR) is 109 cm³/mol. The van der Waals surface area contributed by atoms with Crippen molar-refractivity contribution in [3.05, 3.63) is 58.1 Å². The second kappa shape index (κ2) is 11.1. The lowest BCUT2D eigenvalue weighted by molar-refractivity contribution is -0.145. The van der Waals surface area contributed by atoms with E-state index in [1.165, 1.54) is 6.21 Å². The van der Waals surface area contributed by atoms with Gasteiger partial charge in [0.15, 0.2) is 13.2 Å². The number of nitrogens with zero attached hydrogens (tertiary/aromatic N) is 1. The molecule has 1 amide bonds. The second-order valence-corrected chi connectivity index (χ2v) is 6.50. The Kier molecular flexibility index (Phi) is 8.48. The summed E-state index contributed by atoms with van der Waals surface area (Å²) < 4.78 is 16.5. The van der Waals surface area contributed by atoms with Gasteiger partial charge in [0, 0.05) is 5.56 Å². The molecular weight excluding hydrogens is 428 g/mol. The van der Waals surface area contributed by atoms with E-state index in [0.717, 1.165) is 10.0 Å². The highest BCUT2D eigenvalue weighted by Gasteiger charge is 2.07. The summed E-state index contributed by atoms with van der Waals surface area (Å²) in [4.78, 5) is 23.3. The third-order valence-corrected chi connectivity index (χ3v) is 4.03. The van der Waals surface area contributed by atoms with Crippen LogP contribution < -0.4 is 14.9 Å². The van der Waals surface area contributed by atoms with E-state index < -0.39 is 11.9 Å². The van der Waals surface area contributed by atoms with Crippen molar-refractivity contribution >= 4 is 34.0 Å². The van der Waals surface area contributed by atoms with Gasteiger partial charge in [-0.25, -0.2) is 10.2 Å². The van der Waals surface area contributed by atoms with Gasteiger partial charge in [0.1, 0.15) is 11.5 Å². The molecule has 2 aromatic carbocycles. The highest BCUT2D eigenvalue weighted by molar-refractivity contribution is 9.10. The van der Waals surface area contributed by atoms with Crippen LogP contribution in [-0.2, 0) is 14.3 Å². The molecule has 0 bridgehead atoms. The predicted octanol–water partition coefficient (Wildman–Crippen LogP) is 3.23. The Bertz CT molecular complexity index is 854.